The number of aryl methyl sites for hydroxylation is 1. The van der Waals surface area contributed by atoms with Crippen LogP contribution in [0.1, 0.15) is 11.3 Å². The number of pyridine rings is 1. The fourth-order valence-corrected chi connectivity index (χ4v) is 1.51. The van der Waals surface area contributed by atoms with Gasteiger partial charge in [0, 0.05) is 25.8 Å². The van der Waals surface area contributed by atoms with Crippen molar-refractivity contribution in [3.63, 3.8) is 0 Å². The largest absolute Gasteiger partial charge is 0.356 e. The topological polar surface area (TPSA) is 28.2 Å². The molecule has 0 aliphatic carbocycles. The highest BCUT2D eigenvalue weighted by Crippen LogP contribution is 2.13. The van der Waals surface area contributed by atoms with Gasteiger partial charge in [0.15, 0.2) is 0 Å². The Morgan fingerprint density at radius 2 is 2.27 bits per heavy atom. The molecular formula is C12H19N3. The van der Waals surface area contributed by atoms with Gasteiger partial charge in [0.2, 0.25) is 0 Å². The van der Waals surface area contributed by atoms with E-state index in [4.69, 9.17) is 0 Å². The van der Waals surface area contributed by atoms with E-state index >= 15 is 0 Å². The third-order valence-electron chi connectivity index (χ3n) is 2.17. The summed E-state index contributed by atoms with van der Waals surface area (Å²) in [7, 11) is 3.97. The van der Waals surface area contributed by atoms with Crippen LogP contribution in [0.25, 0.3) is 0 Å². The first-order valence-electron chi connectivity index (χ1n) is 5.11. The molecule has 0 bridgehead atoms. The highest BCUT2D eigenvalue weighted by atomic mass is 15.2. The second-order valence-electron chi connectivity index (χ2n) is 3.67. The van der Waals surface area contributed by atoms with Gasteiger partial charge in [-0.1, -0.05) is 6.08 Å². The standard InChI is InChI=1S/C12H19N3/c1-5-6-15(4)12-8-11(9-13-3)7-10(2)14-12/h5,7-8,13H,1,6,9H2,2-4H3. The van der Waals surface area contributed by atoms with Crippen LogP contribution in [-0.4, -0.2) is 25.6 Å². The summed E-state index contributed by atoms with van der Waals surface area (Å²) in [5, 5.41) is 3.14. The summed E-state index contributed by atoms with van der Waals surface area (Å²) in [4.78, 5) is 6.57. The Morgan fingerprint density at radius 3 is 2.87 bits per heavy atom. The Morgan fingerprint density at radius 1 is 1.53 bits per heavy atom. The van der Waals surface area contributed by atoms with Gasteiger partial charge in [0.1, 0.15) is 5.82 Å². The predicted octanol–water partition coefficient (Wildman–Crippen LogP) is 1.73. The molecule has 0 atom stereocenters. The van der Waals surface area contributed by atoms with Gasteiger partial charge in [0.25, 0.3) is 0 Å². The van der Waals surface area contributed by atoms with Crippen molar-refractivity contribution in [1.29, 1.82) is 0 Å². The minimum atomic E-state index is 0.815. The summed E-state index contributed by atoms with van der Waals surface area (Å²) in [6.45, 7) is 7.43. The summed E-state index contributed by atoms with van der Waals surface area (Å²) in [6.07, 6.45) is 1.88. The molecule has 82 valence electrons. The molecule has 0 unspecified atom stereocenters. The van der Waals surface area contributed by atoms with Crippen LogP contribution in [0.15, 0.2) is 24.8 Å². The van der Waals surface area contributed by atoms with Crippen molar-refractivity contribution in [1.82, 2.24) is 10.3 Å². The number of hydrogen-bond donors (Lipinski definition) is 1. The summed E-state index contributed by atoms with van der Waals surface area (Å²) < 4.78 is 0. The Bertz CT molecular complexity index is 334. The molecule has 1 aromatic heterocycles. The predicted molar refractivity (Wildman–Crippen MR) is 65.2 cm³/mol. The average Bonchev–Trinajstić information content (AvgIpc) is 2.17. The fourth-order valence-electron chi connectivity index (χ4n) is 1.51. The summed E-state index contributed by atoms with van der Waals surface area (Å²) >= 11 is 0. The summed E-state index contributed by atoms with van der Waals surface area (Å²) in [6, 6.07) is 4.20. The van der Waals surface area contributed by atoms with E-state index in [-0.39, 0.29) is 0 Å². The number of nitrogens with one attached hydrogen (secondary N) is 1. The van der Waals surface area contributed by atoms with Crippen molar-refractivity contribution in [2.75, 3.05) is 25.5 Å². The molecule has 0 spiro atoms. The lowest BCUT2D eigenvalue weighted by Crippen LogP contribution is -2.19. The molecule has 0 radical (unpaired) electrons. The zero-order chi connectivity index (χ0) is 11.3. The molecule has 1 heterocycles. The molecule has 0 amide bonds. The summed E-state index contributed by atoms with van der Waals surface area (Å²) in [5.41, 5.74) is 2.31. The maximum absolute atomic E-state index is 4.48. The van der Waals surface area contributed by atoms with Crippen LogP contribution in [-0.2, 0) is 6.54 Å². The molecular weight excluding hydrogens is 186 g/mol. The number of likely N-dealkylation sites (N-methyl/N-ethyl adjacent to an activating group) is 1. The molecule has 0 saturated carbocycles. The minimum Gasteiger partial charge on any atom is -0.356 e. The van der Waals surface area contributed by atoms with Crippen LogP contribution in [0.2, 0.25) is 0 Å². The SMILES string of the molecule is C=CCN(C)c1cc(CNC)cc(C)n1. The van der Waals surface area contributed by atoms with Crippen molar-refractivity contribution < 1.29 is 0 Å². The molecule has 0 aromatic carbocycles. The third kappa shape index (κ3) is 3.36. The smallest absolute Gasteiger partial charge is 0.129 e. The second kappa shape index (κ2) is 5.51. The van der Waals surface area contributed by atoms with E-state index in [9.17, 15) is 0 Å². The average molecular weight is 205 g/mol. The highest BCUT2D eigenvalue weighted by molar-refractivity contribution is 5.42. The molecule has 3 heteroatoms. The highest BCUT2D eigenvalue weighted by Gasteiger charge is 2.03. The quantitative estimate of drug-likeness (QED) is 0.742. The summed E-state index contributed by atoms with van der Waals surface area (Å²) in [5.74, 6) is 1.00. The fraction of sp³-hybridized carbons (Fsp3) is 0.417. The van der Waals surface area contributed by atoms with E-state index in [0.717, 1.165) is 24.6 Å². The number of hydrogen-bond acceptors (Lipinski definition) is 3. The van der Waals surface area contributed by atoms with Crippen LogP contribution in [0.5, 0.6) is 0 Å². The Balaban J connectivity index is 2.91. The second-order valence-corrected chi connectivity index (χ2v) is 3.67. The Labute approximate surface area is 91.8 Å². The first kappa shape index (κ1) is 11.7. The third-order valence-corrected chi connectivity index (χ3v) is 2.17. The van der Waals surface area contributed by atoms with Crippen LogP contribution >= 0.6 is 0 Å². The Kier molecular flexibility index (Phi) is 4.31. The lowest BCUT2D eigenvalue weighted by molar-refractivity contribution is 0.812. The maximum Gasteiger partial charge on any atom is 0.129 e. The normalized spacial score (nSPS) is 10.1. The molecule has 0 aliphatic heterocycles. The molecule has 1 aromatic rings. The van der Waals surface area contributed by atoms with E-state index in [2.05, 4.69) is 33.9 Å². The van der Waals surface area contributed by atoms with E-state index in [1.807, 2.05) is 27.1 Å². The maximum atomic E-state index is 4.48. The van der Waals surface area contributed by atoms with E-state index in [0.29, 0.717) is 0 Å². The monoisotopic (exact) mass is 205 g/mol. The number of rotatable bonds is 5. The van der Waals surface area contributed by atoms with Crippen molar-refractivity contribution in [2.24, 2.45) is 0 Å². The van der Waals surface area contributed by atoms with Crippen molar-refractivity contribution in [2.45, 2.75) is 13.5 Å². The van der Waals surface area contributed by atoms with E-state index < -0.39 is 0 Å². The molecule has 0 saturated heterocycles. The van der Waals surface area contributed by atoms with Gasteiger partial charge in [-0.2, -0.15) is 0 Å². The lowest BCUT2D eigenvalue weighted by atomic mass is 10.2. The molecule has 0 fully saturated rings. The molecule has 15 heavy (non-hydrogen) atoms. The van der Waals surface area contributed by atoms with Crippen LogP contribution in [0.3, 0.4) is 0 Å². The van der Waals surface area contributed by atoms with Crippen molar-refractivity contribution in [3.05, 3.63) is 36.0 Å². The molecule has 1 N–H and O–H groups in total. The van der Waals surface area contributed by atoms with Gasteiger partial charge in [-0.05, 0) is 31.7 Å². The molecule has 1 rings (SSSR count). The lowest BCUT2D eigenvalue weighted by Gasteiger charge is -2.17. The van der Waals surface area contributed by atoms with Gasteiger partial charge in [-0.3, -0.25) is 0 Å². The van der Waals surface area contributed by atoms with Crippen LogP contribution in [0, 0.1) is 6.92 Å². The number of anilines is 1. The minimum absolute atomic E-state index is 0.815. The van der Waals surface area contributed by atoms with Crippen LogP contribution in [0.4, 0.5) is 5.82 Å². The molecule has 0 aliphatic rings. The number of aromatic nitrogens is 1. The van der Waals surface area contributed by atoms with Crippen molar-refractivity contribution in [3.8, 4) is 0 Å². The molecule has 3 nitrogen and oxygen atoms in total. The van der Waals surface area contributed by atoms with Gasteiger partial charge in [-0.25, -0.2) is 4.98 Å². The van der Waals surface area contributed by atoms with Crippen molar-refractivity contribution >= 4 is 5.82 Å². The zero-order valence-electron chi connectivity index (χ0n) is 9.75. The Hall–Kier alpha value is -1.35. The van der Waals surface area contributed by atoms with Gasteiger partial charge >= 0.3 is 0 Å². The van der Waals surface area contributed by atoms with Gasteiger partial charge < -0.3 is 10.2 Å². The first-order chi connectivity index (χ1) is 7.17. The number of nitrogens with zero attached hydrogens (tertiary/aromatic N) is 2. The van der Waals surface area contributed by atoms with E-state index in [1.54, 1.807) is 0 Å². The van der Waals surface area contributed by atoms with Gasteiger partial charge in [0.05, 0.1) is 0 Å². The first-order valence-corrected chi connectivity index (χ1v) is 5.11. The van der Waals surface area contributed by atoms with E-state index in [1.165, 1.54) is 5.56 Å². The van der Waals surface area contributed by atoms with Crippen LogP contribution < -0.4 is 10.2 Å². The zero-order valence-corrected chi connectivity index (χ0v) is 9.75. The van der Waals surface area contributed by atoms with Gasteiger partial charge in [-0.15, -0.1) is 6.58 Å².